The molecular weight excluding hydrogens is 218 g/mol. The molecule has 0 bridgehead atoms. The van der Waals surface area contributed by atoms with Crippen molar-refractivity contribution in [1.29, 1.82) is 5.26 Å². The molecule has 0 fully saturated rings. The molecule has 0 spiro atoms. The lowest BCUT2D eigenvalue weighted by Crippen LogP contribution is -2.28. The number of alkyl halides is 2. The maximum Gasteiger partial charge on any atom is 0.0635 e. The third-order valence-electron chi connectivity index (χ3n) is 1.34. The summed E-state index contributed by atoms with van der Waals surface area (Å²) in [5, 5.41) is 8.31. The topological polar surface area (TPSA) is 27.0 Å². The standard InChI is InChI=1S/C7H12Cl2N2.ClH/c8-2-6-11(7-3-9)5-1-4-10;/h1-3,5-7H2;1H. The Kier molecular flexibility index (Phi) is 14.0. The van der Waals surface area contributed by atoms with Gasteiger partial charge in [-0.1, -0.05) is 0 Å². The Morgan fingerprint density at radius 2 is 1.58 bits per heavy atom. The summed E-state index contributed by atoms with van der Waals surface area (Å²) in [4.78, 5) is 2.09. The molecule has 0 N–H and O–H groups in total. The predicted octanol–water partition coefficient (Wildman–Crippen LogP) is 2.10. The number of halogens is 3. The van der Waals surface area contributed by atoms with Crippen LogP contribution in [0.25, 0.3) is 0 Å². The molecule has 0 saturated carbocycles. The first kappa shape index (κ1) is 14.8. The minimum atomic E-state index is 0. The van der Waals surface area contributed by atoms with Crippen molar-refractivity contribution in [1.82, 2.24) is 4.90 Å². The lowest BCUT2D eigenvalue weighted by Gasteiger charge is -2.17. The first-order valence-electron chi connectivity index (χ1n) is 3.56. The van der Waals surface area contributed by atoms with E-state index in [2.05, 4.69) is 11.0 Å². The fourth-order valence-electron chi connectivity index (χ4n) is 0.783. The summed E-state index contributed by atoms with van der Waals surface area (Å²) >= 11 is 11.1. The molecule has 72 valence electrons. The van der Waals surface area contributed by atoms with Crippen molar-refractivity contribution >= 4 is 35.6 Å². The second-order valence-corrected chi connectivity index (χ2v) is 2.88. The molecule has 0 radical (unpaired) electrons. The minimum Gasteiger partial charge on any atom is -0.300 e. The van der Waals surface area contributed by atoms with Crippen LogP contribution in [0.1, 0.15) is 6.42 Å². The molecule has 0 atom stereocenters. The highest BCUT2D eigenvalue weighted by atomic mass is 35.5. The molecule has 0 unspecified atom stereocenters. The third kappa shape index (κ3) is 8.42. The van der Waals surface area contributed by atoms with E-state index in [0.29, 0.717) is 18.2 Å². The van der Waals surface area contributed by atoms with Crippen molar-refractivity contribution in [3.8, 4) is 6.07 Å². The van der Waals surface area contributed by atoms with Gasteiger partial charge in [-0.05, 0) is 0 Å². The maximum absolute atomic E-state index is 8.31. The van der Waals surface area contributed by atoms with E-state index >= 15 is 0 Å². The van der Waals surface area contributed by atoms with E-state index in [4.69, 9.17) is 28.5 Å². The zero-order valence-corrected chi connectivity index (χ0v) is 9.13. The quantitative estimate of drug-likeness (QED) is 0.655. The van der Waals surface area contributed by atoms with Gasteiger partial charge in [0.2, 0.25) is 0 Å². The van der Waals surface area contributed by atoms with Gasteiger partial charge in [0.05, 0.1) is 6.07 Å². The number of hydrogen-bond acceptors (Lipinski definition) is 2. The fourth-order valence-corrected chi connectivity index (χ4v) is 1.26. The normalized spacial score (nSPS) is 9.17. The lowest BCUT2D eigenvalue weighted by atomic mass is 10.4. The van der Waals surface area contributed by atoms with Crippen molar-refractivity contribution in [3.63, 3.8) is 0 Å². The molecule has 0 rings (SSSR count). The summed E-state index contributed by atoms with van der Waals surface area (Å²) in [6.07, 6.45) is 0.549. The molecule has 0 aliphatic heterocycles. The van der Waals surface area contributed by atoms with Gasteiger partial charge < -0.3 is 0 Å². The van der Waals surface area contributed by atoms with Crippen molar-refractivity contribution in [3.05, 3.63) is 0 Å². The number of rotatable bonds is 6. The zero-order chi connectivity index (χ0) is 8.53. The van der Waals surface area contributed by atoms with Crippen LogP contribution in [0.4, 0.5) is 0 Å². The van der Waals surface area contributed by atoms with Crippen molar-refractivity contribution in [2.24, 2.45) is 0 Å². The van der Waals surface area contributed by atoms with Crippen molar-refractivity contribution in [2.75, 3.05) is 31.4 Å². The summed E-state index contributed by atoms with van der Waals surface area (Å²) in [7, 11) is 0. The zero-order valence-electron chi connectivity index (χ0n) is 6.80. The largest absolute Gasteiger partial charge is 0.300 e. The first-order chi connectivity index (χ1) is 5.35. The van der Waals surface area contributed by atoms with Crippen LogP contribution in [0.3, 0.4) is 0 Å². The van der Waals surface area contributed by atoms with E-state index in [0.717, 1.165) is 19.6 Å². The van der Waals surface area contributed by atoms with Gasteiger partial charge in [0.25, 0.3) is 0 Å². The summed E-state index contributed by atoms with van der Waals surface area (Å²) in [5.74, 6) is 1.20. The SMILES string of the molecule is Cl.N#CCCN(CCCl)CCCl. The van der Waals surface area contributed by atoms with Crippen LogP contribution in [-0.2, 0) is 0 Å². The number of nitriles is 1. The molecule has 0 aromatic rings. The Labute approximate surface area is 89.8 Å². The molecule has 2 nitrogen and oxygen atoms in total. The molecule has 0 aliphatic rings. The Balaban J connectivity index is 0. The fraction of sp³-hybridized carbons (Fsp3) is 0.857. The molecular formula is C7H13Cl3N2. The second kappa shape index (κ2) is 11.3. The van der Waals surface area contributed by atoms with Crippen LogP contribution in [0.5, 0.6) is 0 Å². The first-order valence-corrected chi connectivity index (χ1v) is 4.63. The third-order valence-corrected chi connectivity index (χ3v) is 1.68. The van der Waals surface area contributed by atoms with E-state index in [1.807, 2.05) is 0 Å². The van der Waals surface area contributed by atoms with Crippen LogP contribution in [0.15, 0.2) is 0 Å². The minimum absolute atomic E-state index is 0. The molecule has 0 saturated heterocycles. The summed E-state index contributed by atoms with van der Waals surface area (Å²) in [6.45, 7) is 2.40. The van der Waals surface area contributed by atoms with Crippen molar-refractivity contribution in [2.45, 2.75) is 6.42 Å². The van der Waals surface area contributed by atoms with Crippen molar-refractivity contribution < 1.29 is 0 Å². The molecule has 5 heteroatoms. The highest BCUT2D eigenvalue weighted by molar-refractivity contribution is 6.18. The van der Waals surface area contributed by atoms with Gasteiger partial charge in [-0.15, -0.1) is 35.6 Å². The van der Waals surface area contributed by atoms with Gasteiger partial charge in [0.15, 0.2) is 0 Å². The second-order valence-electron chi connectivity index (χ2n) is 2.13. The van der Waals surface area contributed by atoms with Gasteiger partial charge in [-0.2, -0.15) is 5.26 Å². The van der Waals surface area contributed by atoms with Crippen LogP contribution in [-0.4, -0.2) is 36.3 Å². The van der Waals surface area contributed by atoms with E-state index < -0.39 is 0 Å². The molecule has 0 aromatic carbocycles. The van der Waals surface area contributed by atoms with Gasteiger partial charge in [0, 0.05) is 37.8 Å². The summed E-state index contributed by atoms with van der Waals surface area (Å²) in [5.41, 5.74) is 0. The lowest BCUT2D eigenvalue weighted by molar-refractivity contribution is 0.315. The Hall–Kier alpha value is 0.320. The number of hydrogen-bond donors (Lipinski definition) is 0. The maximum atomic E-state index is 8.31. The average Bonchev–Trinajstić information content (AvgIpc) is 2.01. The Morgan fingerprint density at radius 3 is 1.92 bits per heavy atom. The molecule has 0 aromatic heterocycles. The molecule has 0 amide bonds. The van der Waals surface area contributed by atoms with E-state index in [1.165, 1.54) is 0 Å². The van der Waals surface area contributed by atoms with Crippen LogP contribution >= 0.6 is 35.6 Å². The highest BCUT2D eigenvalue weighted by Crippen LogP contribution is 1.93. The highest BCUT2D eigenvalue weighted by Gasteiger charge is 2.01. The van der Waals surface area contributed by atoms with Gasteiger partial charge in [-0.25, -0.2) is 0 Å². The Bertz CT molecular complexity index is 118. The van der Waals surface area contributed by atoms with Crippen LogP contribution < -0.4 is 0 Å². The van der Waals surface area contributed by atoms with E-state index in [1.54, 1.807) is 0 Å². The van der Waals surface area contributed by atoms with Crippen LogP contribution in [0, 0.1) is 11.3 Å². The molecule has 0 heterocycles. The Morgan fingerprint density at radius 1 is 1.08 bits per heavy atom. The van der Waals surface area contributed by atoms with Gasteiger partial charge in [0.1, 0.15) is 0 Å². The van der Waals surface area contributed by atoms with Gasteiger partial charge in [-0.3, -0.25) is 4.90 Å². The number of nitrogens with zero attached hydrogens (tertiary/aromatic N) is 2. The average molecular weight is 232 g/mol. The van der Waals surface area contributed by atoms with Crippen LogP contribution in [0.2, 0.25) is 0 Å². The molecule has 0 aliphatic carbocycles. The van der Waals surface area contributed by atoms with E-state index in [-0.39, 0.29) is 12.4 Å². The smallest absolute Gasteiger partial charge is 0.0635 e. The summed E-state index contributed by atoms with van der Waals surface area (Å²) < 4.78 is 0. The summed E-state index contributed by atoms with van der Waals surface area (Å²) in [6, 6.07) is 2.09. The molecule has 12 heavy (non-hydrogen) atoms. The predicted molar refractivity (Wildman–Crippen MR) is 55.4 cm³/mol. The van der Waals surface area contributed by atoms with E-state index in [9.17, 15) is 0 Å². The van der Waals surface area contributed by atoms with Gasteiger partial charge >= 0.3 is 0 Å². The monoisotopic (exact) mass is 230 g/mol.